The largest absolute Gasteiger partial charge is 0.454 e. The fraction of sp³-hybridized carbons (Fsp3) is 0. The Labute approximate surface area is 101 Å². The van der Waals surface area contributed by atoms with Gasteiger partial charge in [-0.1, -0.05) is 15.9 Å². The van der Waals surface area contributed by atoms with Crippen molar-refractivity contribution in [3.05, 3.63) is 52.8 Å². The summed E-state index contributed by atoms with van der Waals surface area (Å²) in [5.41, 5.74) is 0.283. The van der Waals surface area contributed by atoms with E-state index in [1.165, 1.54) is 0 Å². The number of halogens is 1. The molecular weight excluding hydrogens is 268 g/mol. The van der Waals surface area contributed by atoms with E-state index in [1.54, 1.807) is 18.3 Å². The van der Waals surface area contributed by atoms with Crippen LogP contribution < -0.4 is 4.74 Å². The van der Waals surface area contributed by atoms with Crippen molar-refractivity contribution in [3.63, 3.8) is 0 Å². The molecule has 0 aliphatic heterocycles. The number of pyridine rings is 1. The van der Waals surface area contributed by atoms with Gasteiger partial charge in [0.2, 0.25) is 0 Å². The summed E-state index contributed by atoms with van der Waals surface area (Å²) in [5, 5.41) is 8.84. The van der Waals surface area contributed by atoms with Crippen LogP contribution >= 0.6 is 15.9 Å². The van der Waals surface area contributed by atoms with Gasteiger partial charge in [0.15, 0.2) is 11.4 Å². The van der Waals surface area contributed by atoms with E-state index in [4.69, 9.17) is 10.00 Å². The molecule has 0 bridgehead atoms. The van der Waals surface area contributed by atoms with Crippen molar-refractivity contribution in [2.24, 2.45) is 0 Å². The summed E-state index contributed by atoms with van der Waals surface area (Å²) in [6, 6.07) is 12.8. The SMILES string of the molecule is N#Cc1ncccc1Oc1ccc(Br)cc1. The highest BCUT2D eigenvalue weighted by Gasteiger charge is 2.04. The number of aromatic nitrogens is 1. The first-order valence-corrected chi connectivity index (χ1v) is 5.37. The number of hydrogen-bond donors (Lipinski definition) is 0. The Bertz CT molecular complexity index is 531. The van der Waals surface area contributed by atoms with Gasteiger partial charge in [-0.3, -0.25) is 0 Å². The molecule has 4 heteroatoms. The molecule has 0 atom stereocenters. The average Bonchev–Trinajstić information content (AvgIpc) is 2.33. The first-order valence-electron chi connectivity index (χ1n) is 4.58. The zero-order valence-corrected chi connectivity index (χ0v) is 9.81. The molecule has 1 aromatic heterocycles. The molecule has 3 nitrogen and oxygen atoms in total. The van der Waals surface area contributed by atoms with Gasteiger partial charge in [-0.05, 0) is 36.4 Å². The minimum atomic E-state index is 0.283. The van der Waals surface area contributed by atoms with Gasteiger partial charge in [-0.25, -0.2) is 4.98 Å². The van der Waals surface area contributed by atoms with Gasteiger partial charge < -0.3 is 4.74 Å². The molecule has 0 aliphatic carbocycles. The Hall–Kier alpha value is -1.86. The van der Waals surface area contributed by atoms with Crippen molar-refractivity contribution in [2.75, 3.05) is 0 Å². The lowest BCUT2D eigenvalue weighted by Gasteiger charge is -2.05. The van der Waals surface area contributed by atoms with Crippen LogP contribution in [0.2, 0.25) is 0 Å². The van der Waals surface area contributed by atoms with E-state index in [2.05, 4.69) is 20.9 Å². The summed E-state index contributed by atoms with van der Waals surface area (Å²) in [6.07, 6.45) is 1.56. The molecule has 2 rings (SSSR count). The summed E-state index contributed by atoms with van der Waals surface area (Å²) in [5.74, 6) is 1.14. The fourth-order valence-electron chi connectivity index (χ4n) is 1.19. The third kappa shape index (κ3) is 2.38. The number of hydrogen-bond acceptors (Lipinski definition) is 3. The molecule has 1 heterocycles. The molecule has 0 spiro atoms. The molecule has 16 heavy (non-hydrogen) atoms. The molecule has 0 saturated heterocycles. The normalized spacial score (nSPS) is 9.50. The first kappa shape index (κ1) is 10.7. The van der Waals surface area contributed by atoms with Gasteiger partial charge in [0.1, 0.15) is 11.8 Å². The minimum Gasteiger partial charge on any atom is -0.454 e. The molecule has 0 radical (unpaired) electrons. The molecule has 2 aromatic rings. The van der Waals surface area contributed by atoms with Crippen molar-refractivity contribution < 1.29 is 4.74 Å². The number of nitriles is 1. The van der Waals surface area contributed by atoms with Gasteiger partial charge in [0, 0.05) is 10.7 Å². The monoisotopic (exact) mass is 274 g/mol. The minimum absolute atomic E-state index is 0.283. The Morgan fingerprint density at radius 1 is 1.19 bits per heavy atom. The van der Waals surface area contributed by atoms with Crippen molar-refractivity contribution in [1.82, 2.24) is 4.98 Å². The predicted octanol–water partition coefficient (Wildman–Crippen LogP) is 3.51. The summed E-state index contributed by atoms with van der Waals surface area (Å²) in [7, 11) is 0. The second-order valence-corrected chi connectivity index (χ2v) is 3.93. The quantitative estimate of drug-likeness (QED) is 0.842. The molecule has 0 aliphatic rings. The average molecular weight is 275 g/mol. The number of ether oxygens (including phenoxy) is 1. The van der Waals surface area contributed by atoms with Gasteiger partial charge >= 0.3 is 0 Å². The van der Waals surface area contributed by atoms with Crippen LogP contribution in [-0.4, -0.2) is 4.98 Å². The molecule has 0 amide bonds. The maximum absolute atomic E-state index is 8.84. The van der Waals surface area contributed by atoms with Crippen molar-refractivity contribution in [3.8, 4) is 17.6 Å². The maximum Gasteiger partial charge on any atom is 0.183 e. The molecule has 0 fully saturated rings. The molecule has 0 unspecified atom stereocenters. The number of rotatable bonds is 2. The zero-order chi connectivity index (χ0) is 11.4. The van der Waals surface area contributed by atoms with Crippen LogP contribution in [-0.2, 0) is 0 Å². The molecule has 78 valence electrons. The zero-order valence-electron chi connectivity index (χ0n) is 8.22. The lowest BCUT2D eigenvalue weighted by molar-refractivity contribution is 0.478. The second-order valence-electron chi connectivity index (χ2n) is 3.02. The predicted molar refractivity (Wildman–Crippen MR) is 63.2 cm³/mol. The van der Waals surface area contributed by atoms with Gasteiger partial charge in [-0.15, -0.1) is 0 Å². The molecule has 1 aromatic carbocycles. The van der Waals surface area contributed by atoms with E-state index in [9.17, 15) is 0 Å². The maximum atomic E-state index is 8.84. The third-order valence-electron chi connectivity index (χ3n) is 1.92. The van der Waals surface area contributed by atoms with E-state index < -0.39 is 0 Å². The van der Waals surface area contributed by atoms with E-state index in [1.807, 2.05) is 30.3 Å². The van der Waals surface area contributed by atoms with Crippen molar-refractivity contribution in [2.45, 2.75) is 0 Å². The van der Waals surface area contributed by atoms with Crippen LogP contribution in [0.15, 0.2) is 47.1 Å². The summed E-state index contributed by atoms with van der Waals surface area (Å²) >= 11 is 3.34. The Morgan fingerprint density at radius 3 is 2.62 bits per heavy atom. The van der Waals surface area contributed by atoms with Crippen LogP contribution in [0.5, 0.6) is 11.5 Å². The van der Waals surface area contributed by atoms with E-state index in [0.29, 0.717) is 11.5 Å². The number of benzene rings is 1. The van der Waals surface area contributed by atoms with Crippen molar-refractivity contribution >= 4 is 15.9 Å². The molecule has 0 saturated carbocycles. The molecular formula is C12H7BrN2O. The van der Waals surface area contributed by atoms with Gasteiger partial charge in [-0.2, -0.15) is 5.26 Å². The van der Waals surface area contributed by atoms with Crippen LogP contribution in [0, 0.1) is 11.3 Å². The highest BCUT2D eigenvalue weighted by molar-refractivity contribution is 9.10. The topological polar surface area (TPSA) is 45.9 Å². The molecule has 0 N–H and O–H groups in total. The van der Waals surface area contributed by atoms with Crippen LogP contribution in [0.4, 0.5) is 0 Å². The lowest BCUT2D eigenvalue weighted by atomic mass is 10.3. The van der Waals surface area contributed by atoms with Gasteiger partial charge in [0.25, 0.3) is 0 Å². The van der Waals surface area contributed by atoms with Crippen molar-refractivity contribution in [1.29, 1.82) is 5.26 Å². The smallest absolute Gasteiger partial charge is 0.183 e. The summed E-state index contributed by atoms with van der Waals surface area (Å²) in [6.45, 7) is 0. The van der Waals surface area contributed by atoms with Crippen LogP contribution in [0.3, 0.4) is 0 Å². The standard InChI is InChI=1S/C12H7BrN2O/c13-9-3-5-10(6-4-9)16-12-2-1-7-15-11(12)8-14/h1-7H. The highest BCUT2D eigenvalue weighted by Crippen LogP contribution is 2.24. The van der Waals surface area contributed by atoms with E-state index >= 15 is 0 Å². The van der Waals surface area contributed by atoms with Crippen LogP contribution in [0.25, 0.3) is 0 Å². The Kier molecular flexibility index (Phi) is 3.18. The lowest BCUT2D eigenvalue weighted by Crippen LogP contribution is -1.90. The van der Waals surface area contributed by atoms with E-state index in [-0.39, 0.29) is 5.69 Å². The highest BCUT2D eigenvalue weighted by atomic mass is 79.9. The van der Waals surface area contributed by atoms with Crippen LogP contribution in [0.1, 0.15) is 5.69 Å². The summed E-state index contributed by atoms with van der Waals surface area (Å²) < 4.78 is 6.53. The first-order chi connectivity index (χ1) is 7.79. The third-order valence-corrected chi connectivity index (χ3v) is 2.45. The second kappa shape index (κ2) is 4.77. The summed E-state index contributed by atoms with van der Waals surface area (Å²) in [4.78, 5) is 3.92. The van der Waals surface area contributed by atoms with E-state index in [0.717, 1.165) is 4.47 Å². The fourth-order valence-corrected chi connectivity index (χ4v) is 1.45. The van der Waals surface area contributed by atoms with Gasteiger partial charge in [0.05, 0.1) is 0 Å². The Balaban J connectivity index is 2.27. The Morgan fingerprint density at radius 2 is 1.94 bits per heavy atom. The number of nitrogens with zero attached hydrogens (tertiary/aromatic N) is 2.